The van der Waals surface area contributed by atoms with E-state index in [9.17, 15) is 0 Å². The molecular weight excluding hydrogens is 224 g/mol. The number of aromatic nitrogens is 1. The Hall–Kier alpha value is -0.800. The zero-order valence-corrected chi connectivity index (χ0v) is 10.1. The van der Waals surface area contributed by atoms with Crippen molar-refractivity contribution in [3.05, 3.63) is 23.9 Å². The maximum atomic E-state index is 5.68. The molecule has 2 rings (SSSR count). The van der Waals surface area contributed by atoms with Gasteiger partial charge in [-0.3, -0.25) is 4.90 Å². The lowest BCUT2D eigenvalue weighted by Crippen LogP contribution is -2.25. The summed E-state index contributed by atoms with van der Waals surface area (Å²) in [6.45, 7) is 4.14. The first kappa shape index (κ1) is 11.7. The molecule has 0 atom stereocenters. The molecule has 1 aromatic heterocycles. The summed E-state index contributed by atoms with van der Waals surface area (Å²) in [5.74, 6) is 1.19. The molecule has 1 aliphatic rings. The van der Waals surface area contributed by atoms with Gasteiger partial charge in [0.1, 0.15) is 6.61 Å². The van der Waals surface area contributed by atoms with Crippen LogP contribution < -0.4 is 4.74 Å². The van der Waals surface area contributed by atoms with Crippen molar-refractivity contribution in [3.63, 3.8) is 0 Å². The zero-order chi connectivity index (χ0) is 11.2. The van der Waals surface area contributed by atoms with Crippen LogP contribution in [0.1, 0.15) is 18.4 Å². The largest absolute Gasteiger partial charge is 0.476 e. The predicted molar refractivity (Wildman–Crippen MR) is 65.0 cm³/mol. The van der Waals surface area contributed by atoms with Gasteiger partial charge in [-0.15, -0.1) is 11.6 Å². The van der Waals surface area contributed by atoms with Gasteiger partial charge in [0, 0.05) is 24.7 Å². The molecule has 88 valence electrons. The maximum Gasteiger partial charge on any atom is 0.213 e. The molecule has 0 N–H and O–H groups in total. The van der Waals surface area contributed by atoms with Crippen LogP contribution in [0.15, 0.2) is 18.3 Å². The molecule has 1 fully saturated rings. The van der Waals surface area contributed by atoms with E-state index in [0.29, 0.717) is 18.4 Å². The van der Waals surface area contributed by atoms with Gasteiger partial charge in [0.05, 0.1) is 0 Å². The van der Waals surface area contributed by atoms with Crippen molar-refractivity contribution < 1.29 is 4.74 Å². The van der Waals surface area contributed by atoms with Gasteiger partial charge in [-0.25, -0.2) is 4.98 Å². The summed E-state index contributed by atoms with van der Waals surface area (Å²) >= 11 is 5.68. The van der Waals surface area contributed by atoms with Gasteiger partial charge < -0.3 is 4.74 Å². The molecule has 1 aromatic rings. The number of likely N-dealkylation sites (tertiary alicyclic amines) is 1. The highest BCUT2D eigenvalue weighted by Crippen LogP contribution is 2.10. The number of hydrogen-bond donors (Lipinski definition) is 0. The molecule has 3 nitrogen and oxygen atoms in total. The van der Waals surface area contributed by atoms with Crippen molar-refractivity contribution >= 4 is 11.6 Å². The lowest BCUT2D eigenvalue weighted by molar-refractivity contribution is 0.232. The topological polar surface area (TPSA) is 25.4 Å². The minimum atomic E-state index is 0.501. The first-order valence-electron chi connectivity index (χ1n) is 5.74. The molecule has 0 bridgehead atoms. The van der Waals surface area contributed by atoms with Crippen molar-refractivity contribution in [1.29, 1.82) is 0 Å². The molecule has 0 saturated carbocycles. The lowest BCUT2D eigenvalue weighted by atomic mass is 10.3. The normalized spacial score (nSPS) is 16.6. The molecule has 0 unspecified atom stereocenters. The Balaban J connectivity index is 1.71. The average Bonchev–Trinajstić information content (AvgIpc) is 2.83. The lowest BCUT2D eigenvalue weighted by Gasteiger charge is -2.14. The first-order valence-corrected chi connectivity index (χ1v) is 6.28. The first-order chi connectivity index (χ1) is 7.88. The van der Waals surface area contributed by atoms with Gasteiger partial charge in [0.15, 0.2) is 0 Å². The fourth-order valence-electron chi connectivity index (χ4n) is 1.86. The number of pyridine rings is 1. The Morgan fingerprint density at radius 1 is 1.31 bits per heavy atom. The Kier molecular flexibility index (Phi) is 4.43. The van der Waals surface area contributed by atoms with E-state index in [0.717, 1.165) is 12.1 Å². The summed E-state index contributed by atoms with van der Waals surface area (Å²) in [7, 11) is 0. The van der Waals surface area contributed by atoms with Crippen LogP contribution in [-0.4, -0.2) is 36.1 Å². The highest BCUT2D eigenvalue weighted by molar-refractivity contribution is 6.17. The molecule has 2 heterocycles. The van der Waals surface area contributed by atoms with Gasteiger partial charge in [-0.2, -0.15) is 0 Å². The zero-order valence-electron chi connectivity index (χ0n) is 9.36. The number of halogens is 1. The third-order valence-corrected chi connectivity index (χ3v) is 3.12. The van der Waals surface area contributed by atoms with Crippen molar-refractivity contribution in [1.82, 2.24) is 9.88 Å². The van der Waals surface area contributed by atoms with E-state index in [4.69, 9.17) is 16.3 Å². The van der Waals surface area contributed by atoms with Crippen LogP contribution in [0.25, 0.3) is 0 Å². The van der Waals surface area contributed by atoms with Crippen molar-refractivity contribution in [2.45, 2.75) is 18.7 Å². The number of hydrogen-bond acceptors (Lipinski definition) is 3. The second kappa shape index (κ2) is 6.06. The molecule has 0 aliphatic carbocycles. The summed E-state index contributed by atoms with van der Waals surface area (Å²) in [6, 6.07) is 3.83. The third kappa shape index (κ3) is 3.35. The summed E-state index contributed by atoms with van der Waals surface area (Å²) in [5.41, 5.74) is 1.02. The predicted octanol–water partition coefficient (Wildman–Crippen LogP) is 2.29. The van der Waals surface area contributed by atoms with Crippen molar-refractivity contribution in [3.8, 4) is 5.88 Å². The van der Waals surface area contributed by atoms with Crippen LogP contribution in [0.5, 0.6) is 5.88 Å². The molecule has 16 heavy (non-hydrogen) atoms. The smallest absolute Gasteiger partial charge is 0.213 e. The van der Waals surface area contributed by atoms with E-state index in [1.54, 1.807) is 6.20 Å². The molecule has 0 spiro atoms. The van der Waals surface area contributed by atoms with Gasteiger partial charge in [-0.1, -0.05) is 6.07 Å². The van der Waals surface area contributed by atoms with Crippen LogP contribution in [0, 0.1) is 0 Å². The van der Waals surface area contributed by atoms with Crippen LogP contribution in [0.3, 0.4) is 0 Å². The monoisotopic (exact) mass is 240 g/mol. The van der Waals surface area contributed by atoms with Crippen LogP contribution in [0.4, 0.5) is 0 Å². The van der Waals surface area contributed by atoms with E-state index < -0.39 is 0 Å². The summed E-state index contributed by atoms with van der Waals surface area (Å²) in [5, 5.41) is 0. The molecular formula is C12H17ClN2O. The molecule has 4 heteroatoms. The standard InChI is InChI=1S/C12H17ClN2O/c13-9-11-3-4-12(14-10-11)16-8-7-15-5-1-2-6-15/h3-4,10H,1-2,5-9H2. The molecule has 0 aromatic carbocycles. The van der Waals surface area contributed by atoms with E-state index in [1.807, 2.05) is 12.1 Å². The highest BCUT2D eigenvalue weighted by atomic mass is 35.5. The van der Waals surface area contributed by atoms with E-state index in [1.165, 1.54) is 25.9 Å². The maximum absolute atomic E-state index is 5.68. The molecule has 0 radical (unpaired) electrons. The van der Waals surface area contributed by atoms with E-state index in [-0.39, 0.29) is 0 Å². The molecule has 1 aliphatic heterocycles. The van der Waals surface area contributed by atoms with Gasteiger partial charge in [-0.05, 0) is 31.5 Å². The third-order valence-electron chi connectivity index (χ3n) is 2.81. The number of alkyl halides is 1. The van der Waals surface area contributed by atoms with Crippen LogP contribution in [-0.2, 0) is 5.88 Å². The molecule has 0 amide bonds. The molecule has 1 saturated heterocycles. The summed E-state index contributed by atoms with van der Waals surface area (Å²) in [4.78, 5) is 6.61. The van der Waals surface area contributed by atoms with Crippen LogP contribution >= 0.6 is 11.6 Å². The fourth-order valence-corrected chi connectivity index (χ4v) is 2.02. The minimum absolute atomic E-state index is 0.501. The SMILES string of the molecule is ClCc1ccc(OCCN2CCCC2)nc1. The minimum Gasteiger partial charge on any atom is -0.476 e. The number of ether oxygens (including phenoxy) is 1. The van der Waals surface area contributed by atoms with Gasteiger partial charge >= 0.3 is 0 Å². The number of rotatable bonds is 5. The van der Waals surface area contributed by atoms with Crippen molar-refractivity contribution in [2.75, 3.05) is 26.2 Å². The second-order valence-electron chi connectivity index (χ2n) is 4.04. The van der Waals surface area contributed by atoms with Crippen molar-refractivity contribution in [2.24, 2.45) is 0 Å². The fraction of sp³-hybridized carbons (Fsp3) is 0.583. The van der Waals surface area contributed by atoms with Crippen LogP contribution in [0.2, 0.25) is 0 Å². The second-order valence-corrected chi connectivity index (χ2v) is 4.30. The number of nitrogens with zero attached hydrogens (tertiary/aromatic N) is 2. The average molecular weight is 241 g/mol. The van der Waals surface area contributed by atoms with Gasteiger partial charge in [0.25, 0.3) is 0 Å². The summed E-state index contributed by atoms with van der Waals surface area (Å²) < 4.78 is 5.57. The van der Waals surface area contributed by atoms with Gasteiger partial charge in [0.2, 0.25) is 5.88 Å². The summed E-state index contributed by atoms with van der Waals surface area (Å²) in [6.07, 6.45) is 4.41. The highest BCUT2D eigenvalue weighted by Gasteiger charge is 2.10. The Morgan fingerprint density at radius 3 is 2.75 bits per heavy atom. The Labute approximate surface area is 101 Å². The quantitative estimate of drug-likeness (QED) is 0.739. The Bertz CT molecular complexity index is 309. The van der Waals surface area contributed by atoms with E-state index in [2.05, 4.69) is 9.88 Å². The van der Waals surface area contributed by atoms with E-state index >= 15 is 0 Å². The Morgan fingerprint density at radius 2 is 2.12 bits per heavy atom.